The Morgan fingerprint density at radius 3 is 2.44 bits per heavy atom. The van der Waals surface area contributed by atoms with E-state index in [1.165, 1.54) is 0 Å². The van der Waals surface area contributed by atoms with Gasteiger partial charge in [0, 0.05) is 25.8 Å². The SMILES string of the molecule is CCC(N)(CO)CCCN(C)CCCOC. The maximum atomic E-state index is 9.17. The number of methoxy groups -OCH3 is 1. The first-order valence-corrected chi connectivity index (χ1v) is 6.15. The molecule has 0 saturated heterocycles. The molecule has 0 fully saturated rings. The molecule has 0 aromatic rings. The molecule has 0 rings (SSSR count). The van der Waals surface area contributed by atoms with E-state index in [1.807, 2.05) is 6.92 Å². The fourth-order valence-electron chi connectivity index (χ4n) is 1.66. The summed E-state index contributed by atoms with van der Waals surface area (Å²) < 4.78 is 5.01. The molecule has 0 aliphatic carbocycles. The fourth-order valence-corrected chi connectivity index (χ4v) is 1.66. The van der Waals surface area contributed by atoms with Gasteiger partial charge in [0.05, 0.1) is 6.61 Å². The van der Waals surface area contributed by atoms with Crippen LogP contribution in [0.4, 0.5) is 0 Å². The van der Waals surface area contributed by atoms with Crippen molar-refractivity contribution in [2.24, 2.45) is 5.73 Å². The van der Waals surface area contributed by atoms with Crippen molar-refractivity contribution in [1.29, 1.82) is 0 Å². The summed E-state index contributed by atoms with van der Waals surface area (Å²) >= 11 is 0. The lowest BCUT2D eigenvalue weighted by atomic mass is 9.92. The van der Waals surface area contributed by atoms with Gasteiger partial charge in [0.25, 0.3) is 0 Å². The fraction of sp³-hybridized carbons (Fsp3) is 1.00. The third-order valence-corrected chi connectivity index (χ3v) is 3.12. The lowest BCUT2D eigenvalue weighted by Gasteiger charge is -2.26. The van der Waals surface area contributed by atoms with Gasteiger partial charge in [0.1, 0.15) is 0 Å². The number of nitrogens with zero attached hydrogens (tertiary/aromatic N) is 1. The molecule has 4 heteroatoms. The lowest BCUT2D eigenvalue weighted by Crippen LogP contribution is -2.43. The summed E-state index contributed by atoms with van der Waals surface area (Å²) in [5, 5.41) is 9.17. The van der Waals surface area contributed by atoms with E-state index in [-0.39, 0.29) is 12.1 Å². The Balaban J connectivity index is 3.56. The normalized spacial score (nSPS) is 15.4. The average Bonchev–Trinajstić information content (AvgIpc) is 2.29. The van der Waals surface area contributed by atoms with Gasteiger partial charge in [-0.15, -0.1) is 0 Å². The second-order valence-corrected chi connectivity index (χ2v) is 4.63. The summed E-state index contributed by atoms with van der Waals surface area (Å²) in [4.78, 5) is 2.28. The second-order valence-electron chi connectivity index (χ2n) is 4.63. The van der Waals surface area contributed by atoms with E-state index in [9.17, 15) is 0 Å². The van der Waals surface area contributed by atoms with Crippen LogP contribution < -0.4 is 5.73 Å². The maximum absolute atomic E-state index is 9.17. The zero-order valence-corrected chi connectivity index (χ0v) is 11.0. The van der Waals surface area contributed by atoms with Crippen LogP contribution in [0, 0.1) is 0 Å². The molecule has 98 valence electrons. The third kappa shape index (κ3) is 7.17. The minimum atomic E-state index is -0.382. The third-order valence-electron chi connectivity index (χ3n) is 3.12. The van der Waals surface area contributed by atoms with Crippen LogP contribution in [0.5, 0.6) is 0 Å². The molecule has 0 heterocycles. The van der Waals surface area contributed by atoms with Gasteiger partial charge in [0.15, 0.2) is 0 Å². The molecule has 3 N–H and O–H groups in total. The van der Waals surface area contributed by atoms with Crippen molar-refractivity contribution in [2.75, 3.05) is 40.5 Å². The quantitative estimate of drug-likeness (QED) is 0.548. The van der Waals surface area contributed by atoms with Crippen LogP contribution >= 0.6 is 0 Å². The molecule has 0 aromatic heterocycles. The molecule has 0 aliphatic rings. The minimum Gasteiger partial charge on any atom is -0.394 e. The van der Waals surface area contributed by atoms with Crippen LogP contribution in [0.3, 0.4) is 0 Å². The van der Waals surface area contributed by atoms with Crippen LogP contribution in [0.25, 0.3) is 0 Å². The van der Waals surface area contributed by atoms with Crippen LogP contribution in [-0.2, 0) is 4.74 Å². The van der Waals surface area contributed by atoms with E-state index in [0.717, 1.165) is 45.4 Å². The number of nitrogens with two attached hydrogens (primary N) is 1. The van der Waals surface area contributed by atoms with Crippen molar-refractivity contribution in [3.63, 3.8) is 0 Å². The van der Waals surface area contributed by atoms with Crippen LogP contribution in [0.15, 0.2) is 0 Å². The molecule has 0 radical (unpaired) electrons. The summed E-state index contributed by atoms with van der Waals surface area (Å²) in [7, 11) is 3.84. The molecule has 1 atom stereocenters. The maximum Gasteiger partial charge on any atom is 0.0611 e. The summed E-state index contributed by atoms with van der Waals surface area (Å²) in [6.07, 6.45) is 3.81. The number of ether oxygens (including phenoxy) is 1. The lowest BCUT2D eigenvalue weighted by molar-refractivity contribution is 0.166. The molecule has 0 aromatic carbocycles. The van der Waals surface area contributed by atoms with Gasteiger partial charge in [-0.1, -0.05) is 6.92 Å². The molecule has 0 saturated carbocycles. The van der Waals surface area contributed by atoms with Gasteiger partial charge < -0.3 is 20.5 Å². The first kappa shape index (κ1) is 15.8. The molecule has 1 unspecified atom stereocenters. The van der Waals surface area contributed by atoms with E-state index >= 15 is 0 Å². The topological polar surface area (TPSA) is 58.7 Å². The first-order valence-electron chi connectivity index (χ1n) is 6.15. The molecule has 0 aliphatic heterocycles. The summed E-state index contributed by atoms with van der Waals surface area (Å²) in [6.45, 7) is 5.01. The second kappa shape index (κ2) is 8.93. The highest BCUT2D eigenvalue weighted by molar-refractivity contribution is 4.81. The summed E-state index contributed by atoms with van der Waals surface area (Å²) in [6, 6.07) is 0. The predicted octanol–water partition coefficient (Wildman–Crippen LogP) is 0.835. The van der Waals surface area contributed by atoms with Gasteiger partial charge in [-0.25, -0.2) is 0 Å². The highest BCUT2D eigenvalue weighted by Gasteiger charge is 2.20. The van der Waals surface area contributed by atoms with Crippen molar-refractivity contribution in [1.82, 2.24) is 4.90 Å². The Morgan fingerprint density at radius 2 is 1.94 bits per heavy atom. The average molecular weight is 232 g/mol. The van der Waals surface area contributed by atoms with Crippen LogP contribution in [-0.4, -0.2) is 56.0 Å². The summed E-state index contributed by atoms with van der Waals surface area (Å²) in [5.41, 5.74) is 5.63. The highest BCUT2D eigenvalue weighted by atomic mass is 16.5. The van der Waals surface area contributed by atoms with E-state index < -0.39 is 0 Å². The molecule has 4 nitrogen and oxygen atoms in total. The molecule has 16 heavy (non-hydrogen) atoms. The Labute approximate surface area is 99.8 Å². The Hall–Kier alpha value is -0.160. The van der Waals surface area contributed by atoms with E-state index in [2.05, 4.69) is 11.9 Å². The molecular weight excluding hydrogens is 204 g/mol. The van der Waals surface area contributed by atoms with E-state index in [4.69, 9.17) is 15.6 Å². The number of aliphatic hydroxyl groups is 1. The van der Waals surface area contributed by atoms with Crippen LogP contribution in [0.1, 0.15) is 32.6 Å². The van der Waals surface area contributed by atoms with Crippen molar-refractivity contribution >= 4 is 0 Å². The zero-order chi connectivity index (χ0) is 12.4. The first-order chi connectivity index (χ1) is 7.58. The molecule has 0 spiro atoms. The van der Waals surface area contributed by atoms with Crippen molar-refractivity contribution in [2.45, 2.75) is 38.1 Å². The highest BCUT2D eigenvalue weighted by Crippen LogP contribution is 2.13. The minimum absolute atomic E-state index is 0.0802. The predicted molar refractivity (Wildman–Crippen MR) is 67.5 cm³/mol. The summed E-state index contributed by atoms with van der Waals surface area (Å²) in [5.74, 6) is 0. The van der Waals surface area contributed by atoms with Crippen LogP contribution in [0.2, 0.25) is 0 Å². The Morgan fingerprint density at radius 1 is 1.31 bits per heavy atom. The number of rotatable bonds is 10. The van der Waals surface area contributed by atoms with Gasteiger partial charge in [-0.2, -0.15) is 0 Å². The standard InChI is InChI=1S/C12H28N2O2/c1-4-12(13,11-15)7-5-8-14(2)9-6-10-16-3/h15H,4-11,13H2,1-3H3. The van der Waals surface area contributed by atoms with Crippen molar-refractivity contribution in [3.8, 4) is 0 Å². The Bertz CT molecular complexity index is 161. The van der Waals surface area contributed by atoms with Gasteiger partial charge in [0.2, 0.25) is 0 Å². The van der Waals surface area contributed by atoms with Crippen molar-refractivity contribution in [3.05, 3.63) is 0 Å². The number of aliphatic hydroxyl groups excluding tert-OH is 1. The zero-order valence-electron chi connectivity index (χ0n) is 11.0. The number of hydrogen-bond acceptors (Lipinski definition) is 4. The van der Waals surface area contributed by atoms with Gasteiger partial charge in [-0.3, -0.25) is 0 Å². The monoisotopic (exact) mass is 232 g/mol. The largest absolute Gasteiger partial charge is 0.394 e. The molecule has 0 bridgehead atoms. The van der Waals surface area contributed by atoms with Gasteiger partial charge >= 0.3 is 0 Å². The smallest absolute Gasteiger partial charge is 0.0611 e. The number of hydrogen-bond donors (Lipinski definition) is 2. The molecular formula is C12H28N2O2. The van der Waals surface area contributed by atoms with E-state index in [0.29, 0.717) is 0 Å². The molecule has 0 amide bonds. The van der Waals surface area contributed by atoms with E-state index in [1.54, 1.807) is 7.11 Å². The van der Waals surface area contributed by atoms with Crippen molar-refractivity contribution < 1.29 is 9.84 Å². The van der Waals surface area contributed by atoms with Gasteiger partial charge in [-0.05, 0) is 39.3 Å². The Kier molecular flexibility index (Phi) is 8.84.